The van der Waals surface area contributed by atoms with E-state index >= 15 is 0 Å². The summed E-state index contributed by atoms with van der Waals surface area (Å²) in [6.45, 7) is 4.67. The van der Waals surface area contributed by atoms with Gasteiger partial charge in [-0.1, -0.05) is 141 Å². The van der Waals surface area contributed by atoms with E-state index in [9.17, 15) is 5.26 Å². The van der Waals surface area contributed by atoms with Gasteiger partial charge in [-0.15, -0.1) is 0 Å². The highest BCUT2D eigenvalue weighted by atomic mass is 15.2. The van der Waals surface area contributed by atoms with Crippen LogP contribution in [-0.4, -0.2) is 0 Å². The third kappa shape index (κ3) is 4.05. The van der Waals surface area contributed by atoms with E-state index in [1.165, 1.54) is 65.9 Å². The second kappa shape index (κ2) is 10.7. The minimum Gasteiger partial charge on any atom is -0.309 e. The molecule has 0 saturated heterocycles. The molecular formula is C46H32N2. The molecule has 0 atom stereocenters. The zero-order chi connectivity index (χ0) is 32.4. The van der Waals surface area contributed by atoms with Crippen molar-refractivity contribution in [3.05, 3.63) is 174 Å². The third-order valence-electron chi connectivity index (χ3n) is 10.2. The van der Waals surface area contributed by atoms with Gasteiger partial charge in [0.1, 0.15) is 0 Å². The number of hydrogen-bond donors (Lipinski definition) is 0. The van der Waals surface area contributed by atoms with Crippen LogP contribution in [0.2, 0.25) is 0 Å². The Morgan fingerprint density at radius 1 is 0.500 bits per heavy atom. The molecule has 8 aromatic rings. The van der Waals surface area contributed by atoms with Crippen LogP contribution in [0.5, 0.6) is 0 Å². The number of rotatable bonds is 3. The summed E-state index contributed by atoms with van der Waals surface area (Å²) in [7, 11) is 0. The predicted molar refractivity (Wildman–Crippen MR) is 201 cm³/mol. The van der Waals surface area contributed by atoms with E-state index in [-0.39, 0.29) is 5.41 Å². The maximum atomic E-state index is 9.72. The molecule has 0 amide bonds. The molecule has 0 spiro atoms. The summed E-state index contributed by atoms with van der Waals surface area (Å²) in [6, 6.07) is 59.0. The van der Waals surface area contributed by atoms with E-state index in [0.717, 1.165) is 16.8 Å². The quantitative estimate of drug-likeness (QED) is 0.147. The largest absolute Gasteiger partial charge is 0.309 e. The maximum absolute atomic E-state index is 9.72. The number of benzene rings is 8. The van der Waals surface area contributed by atoms with Gasteiger partial charge >= 0.3 is 0 Å². The minimum absolute atomic E-state index is 0.188. The molecule has 226 valence electrons. The summed E-state index contributed by atoms with van der Waals surface area (Å²) >= 11 is 0. The zero-order valence-corrected chi connectivity index (χ0v) is 26.9. The van der Waals surface area contributed by atoms with Crippen molar-refractivity contribution in [3.63, 3.8) is 0 Å². The lowest BCUT2D eigenvalue weighted by Gasteiger charge is -2.43. The van der Waals surface area contributed by atoms with Crippen LogP contribution in [-0.2, 0) is 5.41 Å². The van der Waals surface area contributed by atoms with Gasteiger partial charge < -0.3 is 4.90 Å². The minimum atomic E-state index is -0.188. The Bertz CT molecular complexity index is 2540. The van der Waals surface area contributed by atoms with Crippen LogP contribution in [0, 0.1) is 11.3 Å². The topological polar surface area (TPSA) is 27.0 Å². The Kier molecular flexibility index (Phi) is 6.26. The molecule has 0 radical (unpaired) electrons. The molecule has 0 saturated carbocycles. The molecule has 48 heavy (non-hydrogen) atoms. The lowest BCUT2D eigenvalue weighted by Crippen LogP contribution is -2.30. The average molecular weight is 613 g/mol. The van der Waals surface area contributed by atoms with Crippen molar-refractivity contribution >= 4 is 49.4 Å². The van der Waals surface area contributed by atoms with Crippen molar-refractivity contribution in [2.24, 2.45) is 0 Å². The number of nitriles is 1. The van der Waals surface area contributed by atoms with Gasteiger partial charge in [0.15, 0.2) is 0 Å². The Morgan fingerprint density at radius 3 is 1.71 bits per heavy atom. The Balaban J connectivity index is 1.56. The Hall–Kier alpha value is -6.17. The smallest absolute Gasteiger partial charge is 0.0991 e. The van der Waals surface area contributed by atoms with Crippen LogP contribution in [0.25, 0.3) is 54.6 Å². The van der Waals surface area contributed by atoms with E-state index in [2.05, 4.69) is 170 Å². The number of anilines is 3. The van der Waals surface area contributed by atoms with E-state index < -0.39 is 0 Å². The van der Waals surface area contributed by atoms with Crippen molar-refractivity contribution in [1.82, 2.24) is 0 Å². The molecule has 1 aliphatic heterocycles. The van der Waals surface area contributed by atoms with E-state index in [0.29, 0.717) is 5.56 Å². The van der Waals surface area contributed by atoms with Crippen molar-refractivity contribution in [1.29, 1.82) is 5.26 Å². The SMILES string of the molecule is CC1(C)c2ccccc2N(c2c(-c3ccc(C#N)cc3)c3ccccc3c3c(-c4ccccc4)c4ccccc4cc23)c2ccccc21. The van der Waals surface area contributed by atoms with Crippen LogP contribution in [0.15, 0.2) is 158 Å². The van der Waals surface area contributed by atoms with Crippen molar-refractivity contribution < 1.29 is 0 Å². The van der Waals surface area contributed by atoms with E-state index in [1.54, 1.807) is 0 Å². The average Bonchev–Trinajstić information content (AvgIpc) is 3.14. The molecule has 1 heterocycles. The molecular weight excluding hydrogens is 581 g/mol. The fourth-order valence-corrected chi connectivity index (χ4v) is 8.05. The zero-order valence-electron chi connectivity index (χ0n) is 26.9. The second-order valence-corrected chi connectivity index (χ2v) is 13.2. The van der Waals surface area contributed by atoms with Gasteiger partial charge in [0.2, 0.25) is 0 Å². The first-order valence-electron chi connectivity index (χ1n) is 16.5. The molecule has 0 unspecified atom stereocenters. The van der Waals surface area contributed by atoms with Gasteiger partial charge in [0.25, 0.3) is 0 Å². The Morgan fingerprint density at radius 2 is 1.04 bits per heavy atom. The van der Waals surface area contributed by atoms with Gasteiger partial charge in [-0.2, -0.15) is 5.26 Å². The van der Waals surface area contributed by atoms with E-state index in [4.69, 9.17) is 0 Å². The van der Waals surface area contributed by atoms with Crippen LogP contribution in [0.4, 0.5) is 17.1 Å². The molecule has 1 aliphatic rings. The summed E-state index contributed by atoms with van der Waals surface area (Å²) in [5.41, 5.74) is 11.2. The molecule has 2 heteroatoms. The fraction of sp³-hybridized carbons (Fsp3) is 0.0652. The lowest BCUT2D eigenvalue weighted by molar-refractivity contribution is 0.632. The number of fused-ring (bicyclic) bond motifs is 6. The summed E-state index contributed by atoms with van der Waals surface area (Å²) < 4.78 is 0. The van der Waals surface area contributed by atoms with Crippen molar-refractivity contribution in [3.8, 4) is 28.3 Å². The third-order valence-corrected chi connectivity index (χ3v) is 10.2. The Labute approximate surface area is 280 Å². The number of nitrogens with zero attached hydrogens (tertiary/aromatic N) is 2. The summed E-state index contributed by atoms with van der Waals surface area (Å²) in [6.07, 6.45) is 0. The first-order chi connectivity index (χ1) is 23.6. The van der Waals surface area contributed by atoms with Gasteiger partial charge in [0, 0.05) is 21.8 Å². The van der Waals surface area contributed by atoms with Crippen LogP contribution in [0.1, 0.15) is 30.5 Å². The van der Waals surface area contributed by atoms with Gasteiger partial charge in [0.05, 0.1) is 28.7 Å². The normalized spacial score (nSPS) is 13.3. The predicted octanol–water partition coefficient (Wildman–Crippen LogP) is 12.5. The summed E-state index contributed by atoms with van der Waals surface area (Å²) in [4.78, 5) is 2.52. The first-order valence-corrected chi connectivity index (χ1v) is 16.5. The van der Waals surface area contributed by atoms with Crippen molar-refractivity contribution in [2.45, 2.75) is 19.3 Å². The van der Waals surface area contributed by atoms with Gasteiger partial charge in [-0.05, 0) is 79.7 Å². The molecule has 8 aromatic carbocycles. The fourth-order valence-electron chi connectivity index (χ4n) is 8.05. The standard InChI is InChI=1S/C46H32N2/c1-46(2)38-20-10-12-22-40(38)48(41-23-13-11-21-39(41)46)45-37-28-33-16-6-7-17-34(33)42(31-14-4-3-5-15-31)44(37)36-19-9-8-18-35(36)43(45)32-26-24-30(29-47)25-27-32/h3-28H,1-2H3. The van der Waals surface area contributed by atoms with Gasteiger partial charge in [-0.25, -0.2) is 0 Å². The van der Waals surface area contributed by atoms with Gasteiger partial charge in [-0.3, -0.25) is 0 Å². The molecule has 2 nitrogen and oxygen atoms in total. The summed E-state index contributed by atoms with van der Waals surface area (Å²) in [5.74, 6) is 0. The number of hydrogen-bond acceptors (Lipinski definition) is 2. The van der Waals surface area contributed by atoms with Crippen molar-refractivity contribution in [2.75, 3.05) is 4.90 Å². The summed E-state index contributed by atoms with van der Waals surface area (Å²) in [5, 5.41) is 17.0. The monoisotopic (exact) mass is 612 g/mol. The molecule has 9 rings (SSSR count). The van der Waals surface area contributed by atoms with E-state index in [1.807, 2.05) is 12.1 Å². The molecule has 0 aliphatic carbocycles. The highest BCUT2D eigenvalue weighted by molar-refractivity contribution is 6.30. The first kappa shape index (κ1) is 28.1. The van der Waals surface area contributed by atoms with Crippen LogP contribution >= 0.6 is 0 Å². The highest BCUT2D eigenvalue weighted by Gasteiger charge is 2.38. The molecule has 0 N–H and O–H groups in total. The van der Waals surface area contributed by atoms with Crippen LogP contribution in [0.3, 0.4) is 0 Å². The molecule has 0 bridgehead atoms. The number of para-hydroxylation sites is 2. The highest BCUT2D eigenvalue weighted by Crippen LogP contribution is 2.57. The lowest BCUT2D eigenvalue weighted by atomic mass is 9.73. The maximum Gasteiger partial charge on any atom is 0.0991 e. The molecule has 0 fully saturated rings. The molecule has 0 aromatic heterocycles. The second-order valence-electron chi connectivity index (χ2n) is 13.2. The van der Waals surface area contributed by atoms with Crippen LogP contribution < -0.4 is 4.90 Å².